The van der Waals surface area contributed by atoms with Crippen LogP contribution in [0.15, 0.2) is 4.99 Å². The minimum atomic E-state index is 0. The molecule has 0 bridgehead atoms. The van der Waals surface area contributed by atoms with E-state index in [-0.39, 0.29) is 29.5 Å². The van der Waals surface area contributed by atoms with Gasteiger partial charge in [0.1, 0.15) is 0 Å². The standard InChI is InChI=1S/C18H34N6.HI/c1-14-16(15(2)24(6)22-14)12-20-17(19-3)21-13-18(23(4)5)10-8-7-9-11-18;/h7-13H2,1-6H3,(H2,19,20,21);1H. The number of hydrogen-bond acceptors (Lipinski definition) is 3. The molecule has 0 amide bonds. The number of nitrogens with one attached hydrogen (secondary N) is 2. The SMILES string of the molecule is CN=C(NCc1c(C)nn(C)c1C)NCC1(N(C)C)CCCCC1.I. The topological polar surface area (TPSA) is 57.5 Å². The number of aryl methyl sites for hydroxylation is 2. The molecule has 1 saturated carbocycles. The van der Waals surface area contributed by atoms with Gasteiger partial charge in [-0.05, 0) is 40.8 Å². The van der Waals surface area contributed by atoms with E-state index in [1.54, 1.807) is 0 Å². The maximum Gasteiger partial charge on any atom is 0.191 e. The van der Waals surface area contributed by atoms with Crippen molar-refractivity contribution in [2.45, 2.75) is 58.0 Å². The third kappa shape index (κ3) is 5.32. The minimum Gasteiger partial charge on any atom is -0.355 e. The normalized spacial score (nSPS) is 17.3. The lowest BCUT2D eigenvalue weighted by molar-refractivity contribution is 0.104. The van der Waals surface area contributed by atoms with Crippen LogP contribution in [0.5, 0.6) is 0 Å². The predicted octanol–water partition coefficient (Wildman–Crippen LogP) is 2.58. The number of likely N-dealkylation sites (N-methyl/N-ethyl adjacent to an activating group) is 1. The van der Waals surface area contributed by atoms with E-state index in [4.69, 9.17) is 0 Å². The van der Waals surface area contributed by atoms with Crippen LogP contribution in [0.2, 0.25) is 0 Å². The lowest BCUT2D eigenvalue weighted by Gasteiger charge is -2.43. The first-order valence-corrected chi connectivity index (χ1v) is 9.00. The van der Waals surface area contributed by atoms with E-state index in [0.29, 0.717) is 0 Å². The van der Waals surface area contributed by atoms with Crippen LogP contribution in [0.4, 0.5) is 0 Å². The van der Waals surface area contributed by atoms with Crippen molar-refractivity contribution in [3.63, 3.8) is 0 Å². The van der Waals surface area contributed by atoms with Crippen molar-refractivity contribution in [2.75, 3.05) is 27.7 Å². The van der Waals surface area contributed by atoms with Crippen LogP contribution in [0.1, 0.15) is 49.1 Å². The van der Waals surface area contributed by atoms with Gasteiger partial charge < -0.3 is 15.5 Å². The summed E-state index contributed by atoms with van der Waals surface area (Å²) < 4.78 is 1.94. The van der Waals surface area contributed by atoms with Crippen molar-refractivity contribution < 1.29 is 0 Å². The number of hydrogen-bond donors (Lipinski definition) is 2. The summed E-state index contributed by atoms with van der Waals surface area (Å²) in [7, 11) is 8.22. The molecule has 1 aliphatic rings. The van der Waals surface area contributed by atoms with Crippen LogP contribution < -0.4 is 10.6 Å². The zero-order valence-electron chi connectivity index (χ0n) is 16.6. The molecule has 1 heterocycles. The molecule has 0 atom stereocenters. The van der Waals surface area contributed by atoms with E-state index in [1.807, 2.05) is 18.8 Å². The lowest BCUT2D eigenvalue weighted by Crippen LogP contribution is -2.55. The van der Waals surface area contributed by atoms with E-state index in [2.05, 4.69) is 53.6 Å². The Bertz CT molecular complexity index is 572. The summed E-state index contributed by atoms with van der Waals surface area (Å²) in [4.78, 5) is 6.78. The second-order valence-corrected chi connectivity index (χ2v) is 7.23. The fourth-order valence-corrected chi connectivity index (χ4v) is 3.71. The summed E-state index contributed by atoms with van der Waals surface area (Å²) >= 11 is 0. The fourth-order valence-electron chi connectivity index (χ4n) is 3.71. The highest BCUT2D eigenvalue weighted by molar-refractivity contribution is 14.0. The average molecular weight is 462 g/mol. The number of guanidine groups is 1. The first-order valence-electron chi connectivity index (χ1n) is 9.00. The highest BCUT2D eigenvalue weighted by atomic mass is 127. The smallest absolute Gasteiger partial charge is 0.191 e. The quantitative estimate of drug-likeness (QED) is 0.401. The maximum absolute atomic E-state index is 4.48. The molecular formula is C18H35IN6. The van der Waals surface area contributed by atoms with Gasteiger partial charge >= 0.3 is 0 Å². The molecule has 1 fully saturated rings. The van der Waals surface area contributed by atoms with Crippen LogP contribution in [0, 0.1) is 13.8 Å². The zero-order chi connectivity index (χ0) is 17.7. The van der Waals surface area contributed by atoms with Gasteiger partial charge in [-0.2, -0.15) is 5.10 Å². The summed E-state index contributed by atoms with van der Waals surface area (Å²) in [6.45, 7) is 5.85. The number of halogens is 1. The van der Waals surface area contributed by atoms with Gasteiger partial charge in [0.05, 0.1) is 5.69 Å². The molecule has 0 spiro atoms. The molecule has 7 heteroatoms. The third-order valence-electron chi connectivity index (χ3n) is 5.63. The molecule has 2 N–H and O–H groups in total. The molecule has 2 rings (SSSR count). The van der Waals surface area contributed by atoms with Crippen molar-refractivity contribution in [3.05, 3.63) is 17.0 Å². The van der Waals surface area contributed by atoms with Gasteiger partial charge in [-0.1, -0.05) is 19.3 Å². The highest BCUT2D eigenvalue weighted by Gasteiger charge is 2.34. The molecule has 25 heavy (non-hydrogen) atoms. The Morgan fingerprint density at radius 1 is 1.20 bits per heavy atom. The van der Waals surface area contributed by atoms with Crippen molar-refractivity contribution >= 4 is 29.9 Å². The molecule has 0 aromatic carbocycles. The van der Waals surface area contributed by atoms with Crippen molar-refractivity contribution in [2.24, 2.45) is 12.0 Å². The average Bonchev–Trinajstić information content (AvgIpc) is 2.81. The van der Waals surface area contributed by atoms with Crippen LogP contribution in [0.3, 0.4) is 0 Å². The molecular weight excluding hydrogens is 427 g/mol. The number of rotatable bonds is 5. The number of aromatic nitrogens is 2. The first-order chi connectivity index (χ1) is 11.4. The fraction of sp³-hybridized carbons (Fsp3) is 0.778. The molecule has 0 unspecified atom stereocenters. The third-order valence-corrected chi connectivity index (χ3v) is 5.63. The van der Waals surface area contributed by atoms with E-state index in [9.17, 15) is 0 Å². The largest absolute Gasteiger partial charge is 0.355 e. The van der Waals surface area contributed by atoms with Crippen LogP contribution in [0.25, 0.3) is 0 Å². The Kier molecular flexibility index (Phi) is 8.67. The molecule has 1 aromatic rings. The molecule has 0 saturated heterocycles. The van der Waals surface area contributed by atoms with E-state index in [1.165, 1.54) is 43.4 Å². The maximum atomic E-state index is 4.48. The van der Waals surface area contributed by atoms with Crippen LogP contribution in [-0.4, -0.2) is 53.9 Å². The van der Waals surface area contributed by atoms with E-state index >= 15 is 0 Å². The van der Waals surface area contributed by atoms with Crippen molar-refractivity contribution in [1.29, 1.82) is 0 Å². The molecule has 1 aromatic heterocycles. The van der Waals surface area contributed by atoms with Gasteiger partial charge in [0.25, 0.3) is 0 Å². The van der Waals surface area contributed by atoms with Gasteiger partial charge in [-0.25, -0.2) is 0 Å². The van der Waals surface area contributed by atoms with Gasteiger partial charge in [-0.3, -0.25) is 9.67 Å². The molecule has 0 radical (unpaired) electrons. The van der Waals surface area contributed by atoms with Gasteiger partial charge in [0, 0.05) is 44.0 Å². The molecule has 1 aliphatic carbocycles. The van der Waals surface area contributed by atoms with E-state index < -0.39 is 0 Å². The number of nitrogens with zero attached hydrogens (tertiary/aromatic N) is 4. The van der Waals surface area contributed by atoms with Crippen LogP contribution in [-0.2, 0) is 13.6 Å². The number of aliphatic imine (C=N–C) groups is 1. The monoisotopic (exact) mass is 462 g/mol. The van der Waals surface area contributed by atoms with Gasteiger partial charge in [0.15, 0.2) is 5.96 Å². The molecule has 144 valence electrons. The second-order valence-electron chi connectivity index (χ2n) is 7.23. The molecule has 6 nitrogen and oxygen atoms in total. The Hall–Kier alpha value is -0.830. The summed E-state index contributed by atoms with van der Waals surface area (Å²) in [5.41, 5.74) is 3.78. The predicted molar refractivity (Wildman–Crippen MR) is 116 cm³/mol. The minimum absolute atomic E-state index is 0. The second kappa shape index (κ2) is 9.75. The first kappa shape index (κ1) is 22.2. The zero-order valence-corrected chi connectivity index (χ0v) is 19.0. The Labute approximate surface area is 169 Å². The van der Waals surface area contributed by atoms with Crippen molar-refractivity contribution in [1.82, 2.24) is 25.3 Å². The highest BCUT2D eigenvalue weighted by Crippen LogP contribution is 2.31. The summed E-state index contributed by atoms with van der Waals surface area (Å²) in [5.74, 6) is 0.865. The Morgan fingerprint density at radius 2 is 1.84 bits per heavy atom. The summed E-state index contributed by atoms with van der Waals surface area (Å²) in [6.07, 6.45) is 6.51. The van der Waals surface area contributed by atoms with Crippen LogP contribution >= 0.6 is 24.0 Å². The van der Waals surface area contributed by atoms with Gasteiger partial charge in [0.2, 0.25) is 0 Å². The molecule has 0 aliphatic heterocycles. The lowest BCUT2D eigenvalue weighted by atomic mass is 9.80. The Balaban J connectivity index is 0.00000312. The summed E-state index contributed by atoms with van der Waals surface area (Å²) in [6, 6.07) is 0. The van der Waals surface area contributed by atoms with E-state index in [0.717, 1.165) is 24.7 Å². The Morgan fingerprint density at radius 3 is 2.32 bits per heavy atom. The van der Waals surface area contributed by atoms with Crippen molar-refractivity contribution in [3.8, 4) is 0 Å². The van der Waals surface area contributed by atoms with Gasteiger partial charge in [-0.15, -0.1) is 24.0 Å². The summed E-state index contributed by atoms with van der Waals surface area (Å²) in [5, 5.41) is 11.5.